The average Bonchev–Trinajstić information content (AvgIpc) is 2.93. The summed E-state index contributed by atoms with van der Waals surface area (Å²) in [5.74, 6) is -0.482. The molecule has 0 spiro atoms. The van der Waals surface area contributed by atoms with Gasteiger partial charge < -0.3 is 36.8 Å². The summed E-state index contributed by atoms with van der Waals surface area (Å²) in [6, 6.07) is 9.68. The predicted molar refractivity (Wildman–Crippen MR) is 170 cm³/mol. The maximum absolute atomic E-state index is 11.7. The first kappa shape index (κ1) is 34.3. The SMILES string of the molecule is CC1NC(CCC2CCCC(CO)CCC(O)(CC(=O)O)CNC3(C)CC(N)NC(Cc4cccc(c4)C2)C3)CCC1O. The molecule has 9 heteroatoms. The Bertz CT molecular complexity index is 1030. The molecule has 0 saturated carbocycles. The number of aliphatic hydroxyl groups excluding tert-OH is 2. The number of rotatable bonds is 6. The predicted octanol–water partition coefficient (Wildman–Crippen LogP) is 2.83. The van der Waals surface area contributed by atoms with Crippen molar-refractivity contribution in [2.24, 2.45) is 17.6 Å². The van der Waals surface area contributed by atoms with Gasteiger partial charge in [-0.3, -0.25) is 10.1 Å². The van der Waals surface area contributed by atoms with E-state index in [0.717, 1.165) is 64.2 Å². The number of fused-ring (bicyclic) bond motifs is 4. The van der Waals surface area contributed by atoms with E-state index in [4.69, 9.17) is 5.73 Å². The highest BCUT2D eigenvalue weighted by molar-refractivity contribution is 5.68. The number of benzene rings is 1. The van der Waals surface area contributed by atoms with E-state index < -0.39 is 11.6 Å². The average molecular weight is 603 g/mol. The van der Waals surface area contributed by atoms with Crippen LogP contribution in [0.15, 0.2) is 24.3 Å². The first-order chi connectivity index (χ1) is 20.4. The van der Waals surface area contributed by atoms with E-state index in [1.807, 2.05) is 0 Å². The normalized spacial score (nSPS) is 38.5. The number of piperidine rings is 2. The van der Waals surface area contributed by atoms with Gasteiger partial charge in [-0.2, -0.15) is 0 Å². The van der Waals surface area contributed by atoms with E-state index in [-0.39, 0.29) is 55.4 Å². The van der Waals surface area contributed by atoms with Gasteiger partial charge in [0.05, 0.1) is 24.3 Å². The van der Waals surface area contributed by atoms with Crippen LogP contribution < -0.4 is 21.7 Å². The van der Waals surface area contributed by atoms with Crippen LogP contribution in [0.2, 0.25) is 0 Å². The zero-order valence-corrected chi connectivity index (χ0v) is 26.4. The molecule has 3 aliphatic heterocycles. The minimum atomic E-state index is -1.40. The molecule has 4 bridgehead atoms. The van der Waals surface area contributed by atoms with Gasteiger partial charge in [-0.25, -0.2) is 0 Å². The van der Waals surface area contributed by atoms with E-state index in [1.165, 1.54) is 11.1 Å². The van der Waals surface area contributed by atoms with Crippen LogP contribution in [-0.4, -0.2) is 81.1 Å². The number of carboxylic acid groups (broad SMARTS) is 1. The van der Waals surface area contributed by atoms with Gasteiger partial charge in [-0.15, -0.1) is 0 Å². The second kappa shape index (κ2) is 15.6. The van der Waals surface area contributed by atoms with Crippen molar-refractivity contribution in [3.63, 3.8) is 0 Å². The summed E-state index contributed by atoms with van der Waals surface area (Å²) in [5.41, 5.74) is 7.38. The molecule has 0 aromatic heterocycles. The van der Waals surface area contributed by atoms with Crippen LogP contribution in [0.25, 0.3) is 0 Å². The minimum Gasteiger partial charge on any atom is -0.481 e. The standard InChI is InChI=1S/C34H58N4O5/c1-23-30(40)12-11-28(37-23)10-9-24-5-3-6-25(21-39)13-14-34(43,20-32(41)42)22-36-33(2)18-29(38-31(35)19-33)17-27-8-4-7-26(15-24)16-27/h4,7-8,16,23-25,28-31,36-40,43H,3,5-6,9-15,17-22,35H2,1-2H3,(H,41,42). The highest BCUT2D eigenvalue weighted by atomic mass is 16.4. The summed E-state index contributed by atoms with van der Waals surface area (Å²) < 4.78 is 0. The maximum atomic E-state index is 11.7. The number of aliphatic carboxylic acids is 1. The van der Waals surface area contributed by atoms with Gasteiger partial charge in [0.15, 0.2) is 0 Å². The second-order valence-electron chi connectivity index (χ2n) is 14.6. The summed E-state index contributed by atoms with van der Waals surface area (Å²) in [7, 11) is 0. The number of carbonyl (C=O) groups is 1. The third-order valence-corrected chi connectivity index (χ3v) is 10.5. The molecular formula is C34H58N4O5. The Morgan fingerprint density at radius 3 is 2.49 bits per heavy atom. The van der Waals surface area contributed by atoms with Crippen molar-refractivity contribution in [2.75, 3.05) is 13.2 Å². The van der Waals surface area contributed by atoms with Gasteiger partial charge in [-0.1, -0.05) is 37.1 Å². The molecule has 2 fully saturated rings. The first-order valence-corrected chi connectivity index (χ1v) is 16.8. The number of hydrogen-bond acceptors (Lipinski definition) is 8. The lowest BCUT2D eigenvalue weighted by Crippen LogP contribution is -2.63. The van der Waals surface area contributed by atoms with E-state index in [0.29, 0.717) is 31.2 Å². The molecule has 4 rings (SSSR count). The van der Waals surface area contributed by atoms with Gasteiger partial charge >= 0.3 is 5.97 Å². The molecule has 3 aliphatic rings. The molecule has 43 heavy (non-hydrogen) atoms. The Labute approximate surface area is 258 Å². The molecule has 9 nitrogen and oxygen atoms in total. The molecule has 244 valence electrons. The Kier molecular flexibility index (Phi) is 12.4. The van der Waals surface area contributed by atoms with Crippen molar-refractivity contribution < 1.29 is 25.2 Å². The van der Waals surface area contributed by atoms with Crippen LogP contribution in [0, 0.1) is 11.8 Å². The van der Waals surface area contributed by atoms with Crippen molar-refractivity contribution in [2.45, 2.75) is 145 Å². The Hall–Kier alpha value is -1.59. The molecule has 1 aromatic rings. The lowest BCUT2D eigenvalue weighted by atomic mass is 9.80. The monoisotopic (exact) mass is 602 g/mol. The summed E-state index contributed by atoms with van der Waals surface area (Å²) in [6.07, 6.45) is 10.4. The number of nitrogens with one attached hydrogen (secondary N) is 3. The fourth-order valence-corrected chi connectivity index (χ4v) is 7.90. The molecule has 3 heterocycles. The minimum absolute atomic E-state index is 0.0257. The number of carboxylic acids is 1. The highest BCUT2D eigenvalue weighted by Gasteiger charge is 2.39. The molecular weight excluding hydrogens is 544 g/mol. The molecule has 9 atom stereocenters. The Morgan fingerprint density at radius 2 is 1.77 bits per heavy atom. The van der Waals surface area contributed by atoms with Crippen LogP contribution in [0.4, 0.5) is 0 Å². The van der Waals surface area contributed by atoms with Gasteiger partial charge in [0.2, 0.25) is 0 Å². The number of nitrogens with two attached hydrogens (primary N) is 1. The van der Waals surface area contributed by atoms with Crippen molar-refractivity contribution in [3.8, 4) is 0 Å². The number of aliphatic hydroxyl groups is 3. The van der Waals surface area contributed by atoms with Crippen LogP contribution in [0.1, 0.15) is 102 Å². The van der Waals surface area contributed by atoms with Crippen molar-refractivity contribution in [3.05, 3.63) is 35.4 Å². The van der Waals surface area contributed by atoms with E-state index in [2.05, 4.69) is 54.1 Å². The lowest BCUT2D eigenvalue weighted by Gasteiger charge is -2.44. The molecule has 2 saturated heterocycles. The number of β-amino-alcohol motifs (C(OH)–C–C–N with tert-alkyl or cyclic N) is 1. The van der Waals surface area contributed by atoms with Gasteiger partial charge in [0, 0.05) is 36.8 Å². The van der Waals surface area contributed by atoms with E-state index in [9.17, 15) is 25.2 Å². The Balaban J connectivity index is 1.53. The summed E-state index contributed by atoms with van der Waals surface area (Å²) >= 11 is 0. The summed E-state index contributed by atoms with van der Waals surface area (Å²) in [5, 5.41) is 52.2. The topological polar surface area (TPSA) is 160 Å². The third-order valence-electron chi connectivity index (χ3n) is 10.5. The second-order valence-corrected chi connectivity index (χ2v) is 14.6. The fourth-order valence-electron chi connectivity index (χ4n) is 7.90. The van der Waals surface area contributed by atoms with Gasteiger partial charge in [0.1, 0.15) is 0 Å². The fraction of sp³-hybridized carbons (Fsp3) is 0.794. The van der Waals surface area contributed by atoms with Crippen LogP contribution in [0.5, 0.6) is 0 Å². The smallest absolute Gasteiger partial charge is 0.306 e. The zero-order chi connectivity index (χ0) is 31.0. The molecule has 1 aromatic carbocycles. The van der Waals surface area contributed by atoms with Crippen LogP contribution >= 0.6 is 0 Å². The summed E-state index contributed by atoms with van der Waals surface area (Å²) in [6.45, 7) is 4.41. The maximum Gasteiger partial charge on any atom is 0.306 e. The van der Waals surface area contributed by atoms with Crippen LogP contribution in [-0.2, 0) is 17.6 Å². The van der Waals surface area contributed by atoms with Crippen molar-refractivity contribution >= 4 is 5.97 Å². The molecule has 9 N–H and O–H groups in total. The quantitative estimate of drug-likeness (QED) is 0.245. The molecule has 0 radical (unpaired) electrons. The van der Waals surface area contributed by atoms with Crippen LogP contribution in [0.3, 0.4) is 0 Å². The van der Waals surface area contributed by atoms with Crippen molar-refractivity contribution in [1.29, 1.82) is 0 Å². The van der Waals surface area contributed by atoms with E-state index in [1.54, 1.807) is 0 Å². The first-order valence-electron chi connectivity index (χ1n) is 16.8. The molecule has 9 unspecified atom stereocenters. The van der Waals surface area contributed by atoms with Gasteiger partial charge in [-0.05, 0) is 107 Å². The summed E-state index contributed by atoms with van der Waals surface area (Å²) in [4.78, 5) is 11.7. The van der Waals surface area contributed by atoms with E-state index >= 15 is 0 Å². The van der Waals surface area contributed by atoms with Crippen molar-refractivity contribution in [1.82, 2.24) is 16.0 Å². The molecule has 0 amide bonds. The number of hydrogen-bond donors (Lipinski definition) is 8. The lowest BCUT2D eigenvalue weighted by molar-refractivity contribution is -0.143. The largest absolute Gasteiger partial charge is 0.481 e. The van der Waals surface area contributed by atoms with Gasteiger partial charge in [0.25, 0.3) is 0 Å². The highest BCUT2D eigenvalue weighted by Crippen LogP contribution is 2.31. The third kappa shape index (κ3) is 10.8. The zero-order valence-electron chi connectivity index (χ0n) is 26.4. The Morgan fingerprint density at radius 1 is 1.02 bits per heavy atom. The molecule has 0 aliphatic carbocycles.